The molecule has 1 fully saturated rings. The summed E-state index contributed by atoms with van der Waals surface area (Å²) in [7, 11) is 0. The third kappa shape index (κ3) is 2.35. The summed E-state index contributed by atoms with van der Waals surface area (Å²) in [6.07, 6.45) is 0.467. The topological polar surface area (TPSA) is 52.6 Å². The molecule has 4 heteroatoms. The molecular weight excluding hydrogens is 244 g/mol. The van der Waals surface area contributed by atoms with Gasteiger partial charge < -0.3 is 9.47 Å². The summed E-state index contributed by atoms with van der Waals surface area (Å²) in [5.41, 5.74) is -0.156. The number of hydrogen-bond acceptors (Lipinski definition) is 4. The van der Waals surface area contributed by atoms with Crippen molar-refractivity contribution in [3.63, 3.8) is 0 Å². The van der Waals surface area contributed by atoms with E-state index >= 15 is 0 Å². The predicted molar refractivity (Wildman–Crippen MR) is 69.5 cm³/mol. The van der Waals surface area contributed by atoms with Crippen LogP contribution in [0.2, 0.25) is 0 Å². The number of rotatable bonds is 5. The number of ether oxygens (including phenoxy) is 2. The molecule has 0 heterocycles. The van der Waals surface area contributed by atoms with E-state index < -0.39 is 17.4 Å². The summed E-state index contributed by atoms with van der Waals surface area (Å²) in [5.74, 6) is -1.07. The third-order valence-corrected chi connectivity index (χ3v) is 3.44. The zero-order valence-corrected chi connectivity index (χ0v) is 11.2. The minimum absolute atomic E-state index is 0.133. The number of carbonyl (C=O) groups is 2. The van der Waals surface area contributed by atoms with Gasteiger partial charge in [-0.3, -0.25) is 9.59 Å². The van der Waals surface area contributed by atoms with Gasteiger partial charge in [-0.2, -0.15) is 0 Å². The molecule has 2 rings (SSSR count). The van der Waals surface area contributed by atoms with Crippen LogP contribution in [0.15, 0.2) is 30.3 Å². The maximum absolute atomic E-state index is 12.1. The van der Waals surface area contributed by atoms with Gasteiger partial charge in [0, 0.05) is 5.92 Å². The Morgan fingerprint density at radius 3 is 2.11 bits per heavy atom. The fourth-order valence-corrected chi connectivity index (χ4v) is 2.41. The SMILES string of the molecule is CCOC(=O)C1(C(=O)OCC)C[C@H]1c1ccccc1. The quantitative estimate of drug-likeness (QED) is 0.603. The Hall–Kier alpha value is -1.84. The first kappa shape index (κ1) is 13.6. The fraction of sp³-hybridized carbons (Fsp3) is 0.467. The van der Waals surface area contributed by atoms with Crippen LogP contribution in [0.25, 0.3) is 0 Å². The van der Waals surface area contributed by atoms with Crippen molar-refractivity contribution in [2.24, 2.45) is 5.41 Å². The van der Waals surface area contributed by atoms with Gasteiger partial charge in [-0.25, -0.2) is 0 Å². The van der Waals surface area contributed by atoms with Crippen LogP contribution in [0.5, 0.6) is 0 Å². The predicted octanol–water partition coefficient (Wildman–Crippen LogP) is 2.29. The molecule has 0 N–H and O–H groups in total. The van der Waals surface area contributed by atoms with E-state index in [-0.39, 0.29) is 19.1 Å². The normalized spacial score (nSPS) is 19.6. The van der Waals surface area contributed by atoms with E-state index in [1.54, 1.807) is 13.8 Å². The van der Waals surface area contributed by atoms with E-state index in [4.69, 9.17) is 9.47 Å². The lowest BCUT2D eigenvalue weighted by Gasteiger charge is -2.14. The maximum Gasteiger partial charge on any atom is 0.324 e. The average molecular weight is 262 g/mol. The Bertz CT molecular complexity index is 448. The molecule has 1 aliphatic carbocycles. The number of esters is 2. The van der Waals surface area contributed by atoms with Gasteiger partial charge in [0.2, 0.25) is 0 Å². The molecule has 0 radical (unpaired) electrons. The molecule has 0 unspecified atom stereocenters. The van der Waals surface area contributed by atoms with Crippen molar-refractivity contribution in [3.8, 4) is 0 Å². The number of benzene rings is 1. The molecule has 1 aromatic rings. The lowest BCUT2D eigenvalue weighted by Crippen LogP contribution is -2.31. The first-order valence-corrected chi connectivity index (χ1v) is 6.56. The summed E-state index contributed by atoms with van der Waals surface area (Å²) < 4.78 is 10.1. The lowest BCUT2D eigenvalue weighted by molar-refractivity contribution is -0.164. The van der Waals surface area contributed by atoms with Crippen LogP contribution in [0.3, 0.4) is 0 Å². The molecule has 4 nitrogen and oxygen atoms in total. The van der Waals surface area contributed by atoms with Gasteiger partial charge >= 0.3 is 11.9 Å². The summed E-state index contributed by atoms with van der Waals surface area (Å²) in [4.78, 5) is 24.2. The summed E-state index contributed by atoms with van der Waals surface area (Å²) in [6.45, 7) is 4.00. The second kappa shape index (κ2) is 5.43. The number of carbonyl (C=O) groups excluding carboxylic acids is 2. The van der Waals surface area contributed by atoms with Crippen molar-refractivity contribution in [1.82, 2.24) is 0 Å². The molecule has 0 spiro atoms. The van der Waals surface area contributed by atoms with Crippen LogP contribution in [0, 0.1) is 5.41 Å². The Kier molecular flexibility index (Phi) is 3.88. The Morgan fingerprint density at radius 1 is 1.11 bits per heavy atom. The van der Waals surface area contributed by atoms with Gasteiger partial charge in [0.1, 0.15) is 0 Å². The van der Waals surface area contributed by atoms with Gasteiger partial charge in [-0.1, -0.05) is 30.3 Å². The Morgan fingerprint density at radius 2 is 1.63 bits per heavy atom. The zero-order valence-electron chi connectivity index (χ0n) is 11.2. The lowest BCUT2D eigenvalue weighted by atomic mass is 9.99. The minimum Gasteiger partial charge on any atom is -0.465 e. The molecule has 1 saturated carbocycles. The van der Waals surface area contributed by atoms with E-state index in [1.165, 1.54) is 0 Å². The van der Waals surface area contributed by atoms with E-state index in [0.29, 0.717) is 6.42 Å². The summed E-state index contributed by atoms with van der Waals surface area (Å²) in [6, 6.07) is 9.54. The van der Waals surface area contributed by atoms with E-state index in [9.17, 15) is 9.59 Å². The van der Waals surface area contributed by atoms with Crippen LogP contribution >= 0.6 is 0 Å². The smallest absolute Gasteiger partial charge is 0.324 e. The van der Waals surface area contributed by atoms with Crippen molar-refractivity contribution in [3.05, 3.63) is 35.9 Å². The van der Waals surface area contributed by atoms with Crippen molar-refractivity contribution in [2.75, 3.05) is 13.2 Å². The van der Waals surface area contributed by atoms with E-state index in [1.807, 2.05) is 30.3 Å². The molecule has 1 atom stereocenters. The second-order valence-electron chi connectivity index (χ2n) is 4.58. The third-order valence-electron chi connectivity index (χ3n) is 3.44. The highest BCUT2D eigenvalue weighted by atomic mass is 16.6. The largest absolute Gasteiger partial charge is 0.465 e. The van der Waals surface area contributed by atoms with Gasteiger partial charge in [0.05, 0.1) is 13.2 Å². The molecule has 102 valence electrons. The molecule has 0 aliphatic heterocycles. The van der Waals surface area contributed by atoms with Crippen LogP contribution in [0.4, 0.5) is 0 Å². The standard InChI is InChI=1S/C15H18O4/c1-3-18-13(16)15(14(17)19-4-2)10-12(15)11-8-6-5-7-9-11/h5-9,12H,3-4,10H2,1-2H3/t12-/m0/s1. The molecule has 0 aromatic heterocycles. The molecule has 19 heavy (non-hydrogen) atoms. The second-order valence-corrected chi connectivity index (χ2v) is 4.58. The van der Waals surface area contributed by atoms with Crippen LogP contribution in [0.1, 0.15) is 31.7 Å². The van der Waals surface area contributed by atoms with Gasteiger partial charge in [0.25, 0.3) is 0 Å². The molecule has 1 aliphatic rings. The minimum atomic E-state index is -1.13. The monoisotopic (exact) mass is 262 g/mol. The summed E-state index contributed by atoms with van der Waals surface area (Å²) in [5, 5.41) is 0. The highest BCUT2D eigenvalue weighted by molar-refractivity contribution is 6.05. The molecule has 0 saturated heterocycles. The highest BCUT2D eigenvalue weighted by Gasteiger charge is 2.68. The van der Waals surface area contributed by atoms with Crippen molar-refractivity contribution in [2.45, 2.75) is 26.2 Å². The first-order chi connectivity index (χ1) is 9.16. The zero-order chi connectivity index (χ0) is 13.9. The van der Waals surface area contributed by atoms with Gasteiger partial charge in [0.15, 0.2) is 5.41 Å². The molecule has 1 aromatic carbocycles. The van der Waals surface area contributed by atoms with E-state index in [0.717, 1.165) is 5.56 Å². The van der Waals surface area contributed by atoms with Gasteiger partial charge in [-0.15, -0.1) is 0 Å². The fourth-order valence-electron chi connectivity index (χ4n) is 2.41. The van der Waals surface area contributed by atoms with Crippen molar-refractivity contribution >= 4 is 11.9 Å². The Balaban J connectivity index is 2.24. The van der Waals surface area contributed by atoms with Crippen LogP contribution < -0.4 is 0 Å². The van der Waals surface area contributed by atoms with Gasteiger partial charge in [-0.05, 0) is 25.8 Å². The molecule has 0 bridgehead atoms. The average Bonchev–Trinajstić information content (AvgIpc) is 3.17. The van der Waals surface area contributed by atoms with Crippen molar-refractivity contribution in [1.29, 1.82) is 0 Å². The highest BCUT2D eigenvalue weighted by Crippen LogP contribution is 2.60. The molecular formula is C15H18O4. The van der Waals surface area contributed by atoms with Crippen LogP contribution in [-0.2, 0) is 19.1 Å². The Labute approximate surface area is 112 Å². The summed E-state index contributed by atoms with van der Waals surface area (Å²) >= 11 is 0. The van der Waals surface area contributed by atoms with Crippen LogP contribution in [-0.4, -0.2) is 25.2 Å². The van der Waals surface area contributed by atoms with E-state index in [2.05, 4.69) is 0 Å². The maximum atomic E-state index is 12.1. The molecule has 0 amide bonds. The number of hydrogen-bond donors (Lipinski definition) is 0. The first-order valence-electron chi connectivity index (χ1n) is 6.56. The van der Waals surface area contributed by atoms with Crippen molar-refractivity contribution < 1.29 is 19.1 Å².